The maximum absolute atomic E-state index is 9.34. The maximum Gasteiger partial charge on any atom is 0.118 e. The Balaban J connectivity index is 2.84. The van der Waals surface area contributed by atoms with E-state index < -0.39 is 0 Å². The molecule has 0 aliphatic carbocycles. The molecule has 72 valence electrons. The van der Waals surface area contributed by atoms with Crippen LogP contribution in [0.1, 0.15) is 35.7 Å². The van der Waals surface area contributed by atoms with E-state index >= 15 is 0 Å². The molecule has 1 N–H and O–H groups in total. The fraction of sp³-hybridized carbons (Fsp3) is 0.455. The predicted octanol–water partition coefficient (Wildman–Crippen LogP) is 3.94. The standard InChI is InChI=1S/C11H15BrO/c1-3-4-10(12)9-5-6-11(13)8(2)7-9/h5-7,10,13H,3-4H2,1-2H3. The third-order valence-electron chi connectivity index (χ3n) is 2.12. The molecule has 0 saturated heterocycles. The van der Waals surface area contributed by atoms with Crippen molar-refractivity contribution in [2.24, 2.45) is 0 Å². The van der Waals surface area contributed by atoms with Crippen LogP contribution in [0.15, 0.2) is 18.2 Å². The van der Waals surface area contributed by atoms with Crippen LogP contribution in [0.4, 0.5) is 0 Å². The molecule has 0 aliphatic rings. The van der Waals surface area contributed by atoms with Crippen LogP contribution < -0.4 is 0 Å². The number of phenols is 1. The van der Waals surface area contributed by atoms with Crippen molar-refractivity contribution in [2.45, 2.75) is 31.5 Å². The highest BCUT2D eigenvalue weighted by Gasteiger charge is 2.07. The maximum atomic E-state index is 9.34. The Bertz CT molecular complexity index is 283. The van der Waals surface area contributed by atoms with Crippen molar-refractivity contribution >= 4 is 15.9 Å². The van der Waals surface area contributed by atoms with Gasteiger partial charge in [-0.3, -0.25) is 0 Å². The summed E-state index contributed by atoms with van der Waals surface area (Å²) < 4.78 is 0. The molecule has 1 nitrogen and oxygen atoms in total. The van der Waals surface area contributed by atoms with Crippen LogP contribution in [-0.2, 0) is 0 Å². The first-order valence-electron chi connectivity index (χ1n) is 4.58. The van der Waals surface area contributed by atoms with Gasteiger partial charge < -0.3 is 5.11 Å². The zero-order chi connectivity index (χ0) is 9.84. The van der Waals surface area contributed by atoms with Gasteiger partial charge in [0.25, 0.3) is 0 Å². The van der Waals surface area contributed by atoms with Crippen LogP contribution in [0.5, 0.6) is 5.75 Å². The first kappa shape index (κ1) is 10.6. The fourth-order valence-electron chi connectivity index (χ4n) is 1.29. The van der Waals surface area contributed by atoms with Crippen molar-refractivity contribution in [3.8, 4) is 5.75 Å². The summed E-state index contributed by atoms with van der Waals surface area (Å²) in [5.41, 5.74) is 2.19. The van der Waals surface area contributed by atoms with Gasteiger partial charge in [0.1, 0.15) is 5.75 Å². The fourth-order valence-corrected chi connectivity index (χ4v) is 2.04. The molecule has 0 bridgehead atoms. The average molecular weight is 243 g/mol. The number of aromatic hydroxyl groups is 1. The summed E-state index contributed by atoms with van der Waals surface area (Å²) >= 11 is 3.62. The van der Waals surface area contributed by atoms with Gasteiger partial charge in [-0.2, -0.15) is 0 Å². The topological polar surface area (TPSA) is 20.2 Å². The zero-order valence-corrected chi connectivity index (χ0v) is 9.63. The number of phenolic OH excluding ortho intramolecular Hbond substituents is 1. The van der Waals surface area contributed by atoms with Crippen molar-refractivity contribution < 1.29 is 5.11 Å². The smallest absolute Gasteiger partial charge is 0.118 e. The molecule has 1 atom stereocenters. The van der Waals surface area contributed by atoms with Crippen LogP contribution in [0.2, 0.25) is 0 Å². The predicted molar refractivity (Wildman–Crippen MR) is 59.4 cm³/mol. The van der Waals surface area contributed by atoms with Crippen molar-refractivity contribution in [2.75, 3.05) is 0 Å². The first-order valence-corrected chi connectivity index (χ1v) is 5.50. The van der Waals surface area contributed by atoms with Gasteiger partial charge in [-0.1, -0.05) is 41.4 Å². The third kappa shape index (κ3) is 2.73. The van der Waals surface area contributed by atoms with Crippen LogP contribution in [0.25, 0.3) is 0 Å². The summed E-state index contributed by atoms with van der Waals surface area (Å²) in [4.78, 5) is 0.414. The number of hydrogen-bond donors (Lipinski definition) is 1. The van der Waals surface area contributed by atoms with Gasteiger partial charge in [0.15, 0.2) is 0 Å². The molecule has 1 aromatic rings. The summed E-state index contributed by atoms with van der Waals surface area (Å²) in [5.74, 6) is 0.375. The number of halogens is 1. The molecule has 0 spiro atoms. The number of alkyl halides is 1. The van der Waals surface area contributed by atoms with Gasteiger partial charge in [0.05, 0.1) is 0 Å². The molecule has 1 aromatic carbocycles. The monoisotopic (exact) mass is 242 g/mol. The van der Waals surface area contributed by atoms with E-state index in [1.54, 1.807) is 6.07 Å². The van der Waals surface area contributed by atoms with E-state index in [1.165, 1.54) is 5.56 Å². The van der Waals surface area contributed by atoms with Crippen molar-refractivity contribution in [1.29, 1.82) is 0 Å². The van der Waals surface area contributed by atoms with Gasteiger partial charge in [0.2, 0.25) is 0 Å². The minimum atomic E-state index is 0.375. The largest absolute Gasteiger partial charge is 0.508 e. The van der Waals surface area contributed by atoms with Gasteiger partial charge in [0, 0.05) is 4.83 Å². The molecule has 0 fully saturated rings. The Kier molecular flexibility index (Phi) is 3.79. The Morgan fingerprint density at radius 2 is 2.15 bits per heavy atom. The lowest BCUT2D eigenvalue weighted by molar-refractivity contribution is 0.471. The Morgan fingerprint density at radius 1 is 1.46 bits per heavy atom. The summed E-state index contributed by atoms with van der Waals surface area (Å²) in [6.07, 6.45) is 2.29. The average Bonchev–Trinajstić information content (AvgIpc) is 2.10. The molecule has 13 heavy (non-hydrogen) atoms. The van der Waals surface area contributed by atoms with Crippen molar-refractivity contribution in [3.05, 3.63) is 29.3 Å². The van der Waals surface area contributed by atoms with Gasteiger partial charge in [-0.05, 0) is 30.5 Å². The quantitative estimate of drug-likeness (QED) is 0.797. The molecule has 0 aromatic heterocycles. The molecule has 0 heterocycles. The molecular formula is C11H15BrO. The second-order valence-corrected chi connectivity index (χ2v) is 4.41. The second-order valence-electron chi connectivity index (χ2n) is 3.30. The van der Waals surface area contributed by atoms with E-state index in [9.17, 15) is 5.11 Å². The zero-order valence-electron chi connectivity index (χ0n) is 8.05. The van der Waals surface area contributed by atoms with Crippen LogP contribution >= 0.6 is 15.9 Å². The minimum Gasteiger partial charge on any atom is -0.508 e. The van der Waals surface area contributed by atoms with E-state index in [0.717, 1.165) is 18.4 Å². The van der Waals surface area contributed by atoms with E-state index in [2.05, 4.69) is 22.9 Å². The number of rotatable bonds is 3. The highest BCUT2D eigenvalue weighted by Crippen LogP contribution is 2.30. The van der Waals surface area contributed by atoms with Crippen molar-refractivity contribution in [3.63, 3.8) is 0 Å². The first-order chi connectivity index (χ1) is 6.15. The molecule has 2 heteroatoms. The van der Waals surface area contributed by atoms with Crippen LogP contribution in [0.3, 0.4) is 0 Å². The Hall–Kier alpha value is -0.500. The molecule has 0 saturated carbocycles. The third-order valence-corrected chi connectivity index (χ3v) is 3.11. The Labute approximate surface area is 87.9 Å². The van der Waals surface area contributed by atoms with Gasteiger partial charge in [-0.25, -0.2) is 0 Å². The minimum absolute atomic E-state index is 0.375. The summed E-state index contributed by atoms with van der Waals surface area (Å²) in [5, 5.41) is 9.34. The summed E-state index contributed by atoms with van der Waals surface area (Å²) in [6, 6.07) is 5.76. The lowest BCUT2D eigenvalue weighted by atomic mass is 10.1. The molecule has 0 aliphatic heterocycles. The van der Waals surface area contributed by atoms with Crippen molar-refractivity contribution in [1.82, 2.24) is 0 Å². The molecule has 1 unspecified atom stereocenters. The number of benzene rings is 1. The number of aryl methyl sites for hydroxylation is 1. The summed E-state index contributed by atoms with van der Waals surface area (Å²) in [7, 11) is 0. The number of hydrogen-bond acceptors (Lipinski definition) is 1. The lowest BCUT2D eigenvalue weighted by Crippen LogP contribution is -1.89. The molecule has 0 radical (unpaired) electrons. The van der Waals surface area contributed by atoms with E-state index in [1.807, 2.05) is 19.1 Å². The van der Waals surface area contributed by atoms with Gasteiger partial charge >= 0.3 is 0 Å². The molecular weight excluding hydrogens is 228 g/mol. The normalized spacial score (nSPS) is 12.8. The summed E-state index contributed by atoms with van der Waals surface area (Å²) in [6.45, 7) is 4.09. The van der Waals surface area contributed by atoms with E-state index in [-0.39, 0.29) is 0 Å². The molecule has 0 amide bonds. The Morgan fingerprint density at radius 3 is 2.69 bits per heavy atom. The van der Waals surface area contributed by atoms with Crippen LogP contribution in [-0.4, -0.2) is 5.11 Å². The molecule has 1 rings (SSSR count). The SMILES string of the molecule is CCCC(Br)c1ccc(O)c(C)c1. The second kappa shape index (κ2) is 4.66. The highest BCUT2D eigenvalue weighted by molar-refractivity contribution is 9.09. The van der Waals surface area contributed by atoms with E-state index in [4.69, 9.17) is 0 Å². The highest BCUT2D eigenvalue weighted by atomic mass is 79.9. The van der Waals surface area contributed by atoms with Crippen LogP contribution in [0, 0.1) is 6.92 Å². The lowest BCUT2D eigenvalue weighted by Gasteiger charge is -2.09. The van der Waals surface area contributed by atoms with E-state index in [0.29, 0.717) is 10.6 Å². The van der Waals surface area contributed by atoms with Gasteiger partial charge in [-0.15, -0.1) is 0 Å².